The maximum absolute atomic E-state index is 12.8. The van der Waals surface area contributed by atoms with Crippen LogP contribution in [0.2, 0.25) is 5.02 Å². The molecule has 0 atom stereocenters. The molecule has 0 saturated carbocycles. The summed E-state index contributed by atoms with van der Waals surface area (Å²) in [6.07, 6.45) is 0. The normalized spacial score (nSPS) is 11.3. The van der Waals surface area contributed by atoms with Crippen LogP contribution < -0.4 is 16.1 Å². The molecule has 3 rings (SSSR count). The molecule has 0 aliphatic rings. The van der Waals surface area contributed by atoms with Gasteiger partial charge in [0.05, 0.1) is 13.2 Å². The van der Waals surface area contributed by atoms with Crippen molar-refractivity contribution in [3.8, 4) is 0 Å². The van der Waals surface area contributed by atoms with Gasteiger partial charge in [0.1, 0.15) is 0 Å². The molecule has 3 aromatic rings. The first-order chi connectivity index (χ1) is 12.3. The number of nitrogens with zero attached hydrogens (tertiary/aromatic N) is 5. The summed E-state index contributed by atoms with van der Waals surface area (Å²) >= 11 is 6.08. The van der Waals surface area contributed by atoms with Gasteiger partial charge >= 0.3 is 5.69 Å². The quantitative estimate of drug-likeness (QED) is 0.702. The molecular formula is C17H20ClN5O3. The molecule has 9 heteroatoms. The minimum atomic E-state index is -0.439. The molecule has 1 aromatic carbocycles. The summed E-state index contributed by atoms with van der Waals surface area (Å²) in [7, 11) is 4.79. The summed E-state index contributed by atoms with van der Waals surface area (Å²) < 4.78 is 4.16. The number of hydrogen-bond donors (Lipinski definition) is 1. The van der Waals surface area contributed by atoms with Crippen molar-refractivity contribution in [2.45, 2.75) is 6.54 Å². The fraction of sp³-hybridized carbons (Fsp3) is 0.353. The molecule has 0 radical (unpaired) electrons. The van der Waals surface area contributed by atoms with Crippen LogP contribution in [0, 0.1) is 0 Å². The second kappa shape index (κ2) is 6.97. The largest absolute Gasteiger partial charge is 0.395 e. The lowest BCUT2D eigenvalue weighted by Crippen LogP contribution is -2.37. The van der Waals surface area contributed by atoms with E-state index < -0.39 is 11.2 Å². The van der Waals surface area contributed by atoms with E-state index in [0.717, 1.165) is 10.1 Å². The molecular weight excluding hydrogens is 358 g/mol. The number of anilines is 1. The molecule has 0 spiro atoms. The lowest BCUT2D eigenvalue weighted by Gasteiger charge is -2.18. The van der Waals surface area contributed by atoms with Crippen molar-refractivity contribution in [1.82, 2.24) is 18.7 Å². The van der Waals surface area contributed by atoms with Gasteiger partial charge in [-0.1, -0.05) is 23.7 Å². The van der Waals surface area contributed by atoms with E-state index in [-0.39, 0.29) is 6.61 Å². The molecule has 0 amide bonds. The van der Waals surface area contributed by atoms with Gasteiger partial charge in [0.25, 0.3) is 5.56 Å². The SMILES string of the molecule is CN(CCO)c1nc2c(c(=O)n(C)c(=O)n2C)n1Cc1cccc(Cl)c1. The summed E-state index contributed by atoms with van der Waals surface area (Å²) in [5.74, 6) is 0.493. The Morgan fingerprint density at radius 2 is 1.96 bits per heavy atom. The predicted molar refractivity (Wildman–Crippen MR) is 101 cm³/mol. The first-order valence-corrected chi connectivity index (χ1v) is 8.45. The van der Waals surface area contributed by atoms with Crippen LogP contribution in [0.25, 0.3) is 11.2 Å². The van der Waals surface area contributed by atoms with Gasteiger partial charge in [-0.05, 0) is 17.7 Å². The molecule has 138 valence electrons. The number of imidazole rings is 1. The molecule has 0 saturated heterocycles. The molecule has 0 bridgehead atoms. The van der Waals surface area contributed by atoms with Crippen LogP contribution in [0.4, 0.5) is 5.95 Å². The standard InChI is InChI=1S/C17H20ClN5O3/c1-20(7-8-24)16-19-14-13(15(25)22(3)17(26)21(14)2)23(16)10-11-5-4-6-12(18)9-11/h4-6,9,24H,7-8,10H2,1-3H3. The highest BCUT2D eigenvalue weighted by Gasteiger charge is 2.21. The Labute approximate surface area is 154 Å². The van der Waals surface area contributed by atoms with Crippen molar-refractivity contribution < 1.29 is 5.11 Å². The molecule has 26 heavy (non-hydrogen) atoms. The summed E-state index contributed by atoms with van der Waals surface area (Å²) in [4.78, 5) is 31.2. The van der Waals surface area contributed by atoms with Crippen molar-refractivity contribution in [1.29, 1.82) is 0 Å². The van der Waals surface area contributed by atoms with Crippen molar-refractivity contribution in [3.05, 3.63) is 55.7 Å². The van der Waals surface area contributed by atoms with E-state index >= 15 is 0 Å². The zero-order valence-electron chi connectivity index (χ0n) is 14.8. The van der Waals surface area contributed by atoms with Crippen molar-refractivity contribution in [2.24, 2.45) is 14.1 Å². The number of hydrogen-bond acceptors (Lipinski definition) is 5. The number of aliphatic hydroxyl groups is 1. The van der Waals surface area contributed by atoms with Crippen LogP contribution in [0.15, 0.2) is 33.9 Å². The van der Waals surface area contributed by atoms with Gasteiger partial charge in [-0.15, -0.1) is 0 Å². The molecule has 0 fully saturated rings. The van der Waals surface area contributed by atoms with Crippen LogP contribution in [0.1, 0.15) is 5.56 Å². The van der Waals surface area contributed by atoms with Crippen LogP contribution in [-0.2, 0) is 20.6 Å². The fourth-order valence-electron chi connectivity index (χ4n) is 2.94. The number of benzene rings is 1. The smallest absolute Gasteiger partial charge is 0.332 e. The van der Waals surface area contributed by atoms with E-state index in [1.807, 2.05) is 18.2 Å². The van der Waals surface area contributed by atoms with Gasteiger partial charge in [0, 0.05) is 32.7 Å². The second-order valence-corrected chi connectivity index (χ2v) is 6.59. The van der Waals surface area contributed by atoms with Crippen LogP contribution in [-0.4, -0.2) is 44.0 Å². The van der Waals surface area contributed by atoms with Gasteiger partial charge in [0.15, 0.2) is 11.2 Å². The Morgan fingerprint density at radius 1 is 1.23 bits per heavy atom. The molecule has 0 unspecified atom stereocenters. The number of halogens is 1. The minimum Gasteiger partial charge on any atom is -0.395 e. The number of rotatable bonds is 5. The van der Waals surface area contributed by atoms with Crippen molar-refractivity contribution in [2.75, 3.05) is 25.1 Å². The Bertz CT molecular complexity index is 1080. The van der Waals surface area contributed by atoms with Crippen LogP contribution >= 0.6 is 11.6 Å². The second-order valence-electron chi connectivity index (χ2n) is 6.15. The van der Waals surface area contributed by atoms with E-state index in [0.29, 0.717) is 35.2 Å². The number of likely N-dealkylation sites (N-methyl/N-ethyl adjacent to an activating group) is 1. The van der Waals surface area contributed by atoms with E-state index in [2.05, 4.69) is 4.98 Å². The highest BCUT2D eigenvalue weighted by Crippen LogP contribution is 2.21. The average molecular weight is 378 g/mol. The first kappa shape index (κ1) is 18.2. The topological polar surface area (TPSA) is 85.3 Å². The molecule has 1 N–H and O–H groups in total. The first-order valence-electron chi connectivity index (χ1n) is 8.07. The van der Waals surface area contributed by atoms with Gasteiger partial charge in [-0.2, -0.15) is 4.98 Å². The highest BCUT2D eigenvalue weighted by atomic mass is 35.5. The van der Waals surface area contributed by atoms with Gasteiger partial charge < -0.3 is 10.0 Å². The maximum atomic E-state index is 12.8. The summed E-state index contributed by atoms with van der Waals surface area (Å²) in [5, 5.41) is 9.86. The van der Waals surface area contributed by atoms with E-state index in [9.17, 15) is 14.7 Å². The number of fused-ring (bicyclic) bond motifs is 1. The zero-order valence-corrected chi connectivity index (χ0v) is 15.6. The highest BCUT2D eigenvalue weighted by molar-refractivity contribution is 6.30. The summed E-state index contributed by atoms with van der Waals surface area (Å²) in [6.45, 7) is 0.635. The molecule has 2 aromatic heterocycles. The Balaban J connectivity index is 2.31. The maximum Gasteiger partial charge on any atom is 0.332 e. The van der Waals surface area contributed by atoms with E-state index in [4.69, 9.17) is 11.6 Å². The molecule has 0 aliphatic heterocycles. The third-order valence-corrected chi connectivity index (χ3v) is 4.57. The molecule has 0 aliphatic carbocycles. The third-order valence-electron chi connectivity index (χ3n) is 4.33. The van der Waals surface area contributed by atoms with Gasteiger partial charge in [-0.3, -0.25) is 18.5 Å². The number of aryl methyl sites for hydroxylation is 1. The Morgan fingerprint density at radius 3 is 2.62 bits per heavy atom. The number of aromatic nitrogens is 4. The van der Waals surface area contributed by atoms with Gasteiger partial charge in [0.2, 0.25) is 5.95 Å². The van der Waals surface area contributed by atoms with E-state index in [1.165, 1.54) is 11.6 Å². The third kappa shape index (κ3) is 3.02. The monoisotopic (exact) mass is 377 g/mol. The lowest BCUT2D eigenvalue weighted by atomic mass is 10.2. The number of aliphatic hydroxyl groups excluding tert-OH is 1. The molecule has 8 nitrogen and oxygen atoms in total. The summed E-state index contributed by atoms with van der Waals surface area (Å²) in [6, 6.07) is 7.33. The predicted octanol–water partition coefficient (Wildman–Crippen LogP) is 0.564. The Kier molecular flexibility index (Phi) is 4.88. The zero-order chi connectivity index (χ0) is 19.0. The molecule has 2 heterocycles. The minimum absolute atomic E-state index is 0.0617. The summed E-state index contributed by atoms with van der Waals surface area (Å²) in [5.41, 5.74) is 0.674. The lowest BCUT2D eigenvalue weighted by molar-refractivity contribution is 0.303. The van der Waals surface area contributed by atoms with Crippen LogP contribution in [0.3, 0.4) is 0 Å². The Hall–Kier alpha value is -2.58. The van der Waals surface area contributed by atoms with Crippen molar-refractivity contribution in [3.63, 3.8) is 0 Å². The average Bonchev–Trinajstić information content (AvgIpc) is 2.98. The van der Waals surface area contributed by atoms with E-state index in [1.54, 1.807) is 29.6 Å². The fourth-order valence-corrected chi connectivity index (χ4v) is 3.16. The van der Waals surface area contributed by atoms with Gasteiger partial charge in [-0.25, -0.2) is 4.79 Å². The van der Waals surface area contributed by atoms with Crippen LogP contribution in [0.5, 0.6) is 0 Å². The van der Waals surface area contributed by atoms with Crippen molar-refractivity contribution >= 4 is 28.7 Å².